The average molecular weight is 247 g/mol. The molecule has 1 aliphatic carbocycles. The highest BCUT2D eigenvalue weighted by Gasteiger charge is 2.17. The molecule has 0 saturated carbocycles. The maximum absolute atomic E-state index is 5.16. The van der Waals surface area contributed by atoms with Crippen molar-refractivity contribution in [3.63, 3.8) is 0 Å². The van der Waals surface area contributed by atoms with Gasteiger partial charge in [-0.15, -0.1) is 0 Å². The monoisotopic (exact) mass is 247 g/mol. The highest BCUT2D eigenvalue weighted by molar-refractivity contribution is 5.25. The lowest BCUT2D eigenvalue weighted by Gasteiger charge is -2.19. The summed E-state index contributed by atoms with van der Waals surface area (Å²) in [4.78, 5) is 8.43. The molecule has 0 aliphatic heterocycles. The van der Waals surface area contributed by atoms with Gasteiger partial charge in [0.1, 0.15) is 6.33 Å². The lowest BCUT2D eigenvalue weighted by Crippen LogP contribution is -2.20. The number of hydrogen-bond acceptors (Lipinski definition) is 4. The van der Waals surface area contributed by atoms with E-state index in [0.717, 1.165) is 12.1 Å². The molecule has 1 aliphatic rings. The summed E-state index contributed by atoms with van der Waals surface area (Å²) in [5.41, 5.74) is 2.42. The number of aromatic nitrogens is 2. The van der Waals surface area contributed by atoms with Gasteiger partial charge in [-0.1, -0.05) is 18.1 Å². The molecular weight excluding hydrogens is 226 g/mol. The van der Waals surface area contributed by atoms with Crippen LogP contribution in [0, 0.1) is 0 Å². The molecule has 0 radical (unpaired) electrons. The third-order valence-electron chi connectivity index (χ3n) is 3.40. The fourth-order valence-electron chi connectivity index (χ4n) is 2.45. The van der Waals surface area contributed by atoms with E-state index in [2.05, 4.69) is 21.4 Å². The van der Waals surface area contributed by atoms with Crippen LogP contribution in [0.5, 0.6) is 5.88 Å². The molecule has 98 valence electrons. The van der Waals surface area contributed by atoms with Crippen molar-refractivity contribution in [3.05, 3.63) is 29.7 Å². The first kappa shape index (κ1) is 13.0. The number of likely N-dealkylation sites (N-methyl/N-ethyl adjacent to an activating group) is 1. The molecule has 1 aromatic heterocycles. The second kappa shape index (κ2) is 6.50. The van der Waals surface area contributed by atoms with Gasteiger partial charge < -0.3 is 10.1 Å². The van der Waals surface area contributed by atoms with Gasteiger partial charge in [-0.25, -0.2) is 9.97 Å². The first-order valence-electron chi connectivity index (χ1n) is 6.57. The zero-order chi connectivity index (χ0) is 12.8. The van der Waals surface area contributed by atoms with Crippen molar-refractivity contribution >= 4 is 0 Å². The van der Waals surface area contributed by atoms with E-state index in [-0.39, 0.29) is 6.04 Å². The van der Waals surface area contributed by atoms with Gasteiger partial charge in [-0.2, -0.15) is 0 Å². The maximum atomic E-state index is 5.16. The minimum atomic E-state index is 0.181. The van der Waals surface area contributed by atoms with Crippen LogP contribution in [0.4, 0.5) is 0 Å². The van der Waals surface area contributed by atoms with E-state index in [9.17, 15) is 0 Å². The summed E-state index contributed by atoms with van der Waals surface area (Å²) in [6, 6.07) is 2.09. The van der Waals surface area contributed by atoms with Crippen LogP contribution in [0.25, 0.3) is 0 Å². The second-order valence-corrected chi connectivity index (χ2v) is 4.59. The van der Waals surface area contributed by atoms with Gasteiger partial charge in [0, 0.05) is 6.07 Å². The summed E-state index contributed by atoms with van der Waals surface area (Å²) in [6.45, 7) is 0. The highest BCUT2D eigenvalue weighted by atomic mass is 16.5. The van der Waals surface area contributed by atoms with Crippen LogP contribution in [0.2, 0.25) is 0 Å². The molecule has 2 rings (SSSR count). The summed E-state index contributed by atoms with van der Waals surface area (Å²) in [5.74, 6) is 0.620. The quantitative estimate of drug-likeness (QED) is 0.831. The van der Waals surface area contributed by atoms with Crippen molar-refractivity contribution in [3.8, 4) is 5.88 Å². The summed E-state index contributed by atoms with van der Waals surface area (Å²) in [7, 11) is 3.61. The SMILES string of the molecule is CNC(C1=CCCCCC1)c1cc(OC)ncn1. The zero-order valence-corrected chi connectivity index (χ0v) is 11.1. The smallest absolute Gasteiger partial charge is 0.216 e. The van der Waals surface area contributed by atoms with Crippen LogP contribution in [0.3, 0.4) is 0 Å². The van der Waals surface area contributed by atoms with Crippen LogP contribution in [-0.2, 0) is 0 Å². The lowest BCUT2D eigenvalue weighted by molar-refractivity contribution is 0.395. The van der Waals surface area contributed by atoms with E-state index in [1.54, 1.807) is 13.4 Å². The summed E-state index contributed by atoms with van der Waals surface area (Å²) >= 11 is 0. The Bertz CT molecular complexity index is 417. The number of ether oxygens (including phenoxy) is 1. The Balaban J connectivity index is 2.23. The Kier molecular flexibility index (Phi) is 4.70. The minimum absolute atomic E-state index is 0.181. The Morgan fingerprint density at radius 2 is 2.17 bits per heavy atom. The van der Waals surface area contributed by atoms with Gasteiger partial charge in [0.25, 0.3) is 0 Å². The number of rotatable bonds is 4. The van der Waals surface area contributed by atoms with E-state index < -0.39 is 0 Å². The Morgan fingerprint density at radius 3 is 2.94 bits per heavy atom. The molecule has 1 unspecified atom stereocenters. The summed E-state index contributed by atoms with van der Waals surface area (Å²) in [5, 5.41) is 3.35. The molecule has 1 N–H and O–H groups in total. The number of methoxy groups -OCH3 is 1. The molecule has 18 heavy (non-hydrogen) atoms. The van der Waals surface area contributed by atoms with Gasteiger partial charge >= 0.3 is 0 Å². The molecule has 0 fully saturated rings. The van der Waals surface area contributed by atoms with Crippen molar-refractivity contribution in [1.82, 2.24) is 15.3 Å². The van der Waals surface area contributed by atoms with Gasteiger partial charge in [-0.05, 0) is 32.7 Å². The molecule has 4 nitrogen and oxygen atoms in total. The molecule has 0 bridgehead atoms. The van der Waals surface area contributed by atoms with Crippen LogP contribution in [0.1, 0.15) is 43.8 Å². The topological polar surface area (TPSA) is 47.0 Å². The Labute approximate surface area is 108 Å². The molecule has 1 heterocycles. The molecular formula is C14H21N3O. The van der Waals surface area contributed by atoms with Crippen molar-refractivity contribution < 1.29 is 4.74 Å². The molecule has 1 atom stereocenters. The molecule has 4 heteroatoms. The third-order valence-corrected chi connectivity index (χ3v) is 3.40. The first-order chi connectivity index (χ1) is 8.85. The summed E-state index contributed by atoms with van der Waals surface area (Å²) < 4.78 is 5.16. The van der Waals surface area contributed by atoms with Crippen molar-refractivity contribution in [2.45, 2.75) is 38.1 Å². The van der Waals surface area contributed by atoms with E-state index in [1.807, 2.05) is 13.1 Å². The predicted molar refractivity (Wildman–Crippen MR) is 71.6 cm³/mol. The van der Waals surface area contributed by atoms with E-state index >= 15 is 0 Å². The van der Waals surface area contributed by atoms with E-state index in [0.29, 0.717) is 5.88 Å². The van der Waals surface area contributed by atoms with Gasteiger partial charge in [0.05, 0.1) is 18.8 Å². The van der Waals surface area contributed by atoms with Crippen molar-refractivity contribution in [1.29, 1.82) is 0 Å². The fourth-order valence-corrected chi connectivity index (χ4v) is 2.45. The van der Waals surface area contributed by atoms with Gasteiger partial charge in [0.15, 0.2) is 0 Å². The zero-order valence-electron chi connectivity index (χ0n) is 11.1. The van der Waals surface area contributed by atoms with Crippen LogP contribution < -0.4 is 10.1 Å². The molecule has 0 amide bonds. The van der Waals surface area contributed by atoms with Crippen LogP contribution in [0.15, 0.2) is 24.0 Å². The number of hydrogen-bond donors (Lipinski definition) is 1. The van der Waals surface area contributed by atoms with Crippen molar-refractivity contribution in [2.75, 3.05) is 14.2 Å². The first-order valence-corrected chi connectivity index (χ1v) is 6.57. The highest BCUT2D eigenvalue weighted by Crippen LogP contribution is 2.28. The second-order valence-electron chi connectivity index (χ2n) is 4.59. The fraction of sp³-hybridized carbons (Fsp3) is 0.571. The van der Waals surface area contributed by atoms with E-state index in [4.69, 9.17) is 4.74 Å². The Morgan fingerprint density at radius 1 is 1.28 bits per heavy atom. The van der Waals surface area contributed by atoms with E-state index in [1.165, 1.54) is 31.3 Å². The van der Waals surface area contributed by atoms with Crippen molar-refractivity contribution in [2.24, 2.45) is 0 Å². The van der Waals surface area contributed by atoms with Gasteiger partial charge in [-0.3, -0.25) is 0 Å². The standard InChI is InChI=1S/C14H21N3O/c1-15-14(11-7-5-3-4-6-8-11)12-9-13(18-2)17-10-16-12/h7,9-10,14-15H,3-6,8H2,1-2H3. The normalized spacial score (nSPS) is 17.8. The summed E-state index contributed by atoms with van der Waals surface area (Å²) in [6.07, 6.45) is 10.1. The number of nitrogens with zero attached hydrogens (tertiary/aromatic N) is 2. The van der Waals surface area contributed by atoms with Gasteiger partial charge in [0.2, 0.25) is 5.88 Å². The predicted octanol–water partition coefficient (Wildman–Crippen LogP) is 2.64. The Hall–Kier alpha value is -1.42. The number of nitrogens with one attached hydrogen (secondary N) is 1. The molecule has 0 saturated heterocycles. The molecule has 0 spiro atoms. The largest absolute Gasteiger partial charge is 0.481 e. The third kappa shape index (κ3) is 3.07. The number of allylic oxidation sites excluding steroid dienone is 1. The lowest BCUT2D eigenvalue weighted by atomic mass is 9.99. The van der Waals surface area contributed by atoms with Crippen LogP contribution >= 0.6 is 0 Å². The average Bonchev–Trinajstić information content (AvgIpc) is 2.69. The van der Waals surface area contributed by atoms with Crippen LogP contribution in [-0.4, -0.2) is 24.1 Å². The maximum Gasteiger partial charge on any atom is 0.216 e. The molecule has 1 aromatic rings. The molecule has 0 aromatic carbocycles. The minimum Gasteiger partial charge on any atom is -0.481 e.